The predicted octanol–water partition coefficient (Wildman–Crippen LogP) is 5.63. The van der Waals surface area contributed by atoms with Gasteiger partial charge in [0, 0.05) is 12.6 Å². The van der Waals surface area contributed by atoms with E-state index in [2.05, 4.69) is 27.3 Å². The van der Waals surface area contributed by atoms with Crippen molar-refractivity contribution in [3.63, 3.8) is 0 Å². The highest BCUT2D eigenvalue weighted by Crippen LogP contribution is 2.37. The van der Waals surface area contributed by atoms with Crippen LogP contribution in [-0.2, 0) is 13.2 Å². The van der Waals surface area contributed by atoms with Gasteiger partial charge in [-0.3, -0.25) is 0 Å². The zero-order valence-electron chi connectivity index (χ0n) is 14.8. The Morgan fingerprint density at radius 3 is 2.46 bits per heavy atom. The smallest absolute Gasteiger partial charge is 0.175 e. The standard InChI is InChI=1S/C20H23BrFNO2.ClH/c1-24-19-11-15(12-23-17-4-2-3-5-17)10-18(21)20(19)25-13-14-6-8-16(22)9-7-14;/h6-11,17,23H,2-5,12-13H2,1H3;1H. The molecule has 0 radical (unpaired) electrons. The van der Waals surface area contributed by atoms with Gasteiger partial charge in [0.15, 0.2) is 11.5 Å². The van der Waals surface area contributed by atoms with Gasteiger partial charge in [0.2, 0.25) is 0 Å². The maximum atomic E-state index is 13.0. The Morgan fingerprint density at radius 2 is 1.81 bits per heavy atom. The van der Waals surface area contributed by atoms with Gasteiger partial charge in [-0.25, -0.2) is 4.39 Å². The fourth-order valence-electron chi connectivity index (χ4n) is 3.14. The van der Waals surface area contributed by atoms with Crippen LogP contribution in [0, 0.1) is 5.82 Å². The quantitative estimate of drug-likeness (QED) is 0.600. The van der Waals surface area contributed by atoms with E-state index in [-0.39, 0.29) is 18.2 Å². The summed E-state index contributed by atoms with van der Waals surface area (Å²) in [5, 5.41) is 3.61. The average molecular weight is 445 g/mol. The summed E-state index contributed by atoms with van der Waals surface area (Å²) in [7, 11) is 1.64. The molecule has 2 aromatic carbocycles. The number of rotatable bonds is 7. The van der Waals surface area contributed by atoms with Gasteiger partial charge in [-0.15, -0.1) is 12.4 Å². The number of halogens is 3. The van der Waals surface area contributed by atoms with Crippen LogP contribution in [0.25, 0.3) is 0 Å². The summed E-state index contributed by atoms with van der Waals surface area (Å²) in [6.07, 6.45) is 5.16. The molecule has 1 aliphatic rings. The minimum absolute atomic E-state index is 0. The van der Waals surface area contributed by atoms with E-state index < -0.39 is 0 Å². The minimum Gasteiger partial charge on any atom is -0.493 e. The van der Waals surface area contributed by atoms with Gasteiger partial charge >= 0.3 is 0 Å². The topological polar surface area (TPSA) is 30.5 Å². The fourth-order valence-corrected chi connectivity index (χ4v) is 3.75. The van der Waals surface area contributed by atoms with Gasteiger partial charge in [-0.05, 0) is 64.2 Å². The maximum Gasteiger partial charge on any atom is 0.175 e. The second-order valence-corrected chi connectivity index (χ2v) is 7.24. The lowest BCUT2D eigenvalue weighted by molar-refractivity contribution is 0.282. The van der Waals surface area contributed by atoms with E-state index in [1.807, 2.05) is 6.07 Å². The van der Waals surface area contributed by atoms with Crippen molar-refractivity contribution in [1.82, 2.24) is 5.32 Å². The molecular formula is C20H24BrClFNO2. The summed E-state index contributed by atoms with van der Waals surface area (Å²) in [4.78, 5) is 0. The van der Waals surface area contributed by atoms with Crippen molar-refractivity contribution in [2.24, 2.45) is 0 Å². The van der Waals surface area contributed by atoms with Crippen molar-refractivity contribution in [3.05, 3.63) is 57.8 Å². The molecule has 6 heteroatoms. The summed E-state index contributed by atoms with van der Waals surface area (Å²) < 4.78 is 25.3. The third kappa shape index (κ3) is 5.60. The van der Waals surface area contributed by atoms with Crippen LogP contribution in [0.3, 0.4) is 0 Å². The summed E-state index contributed by atoms with van der Waals surface area (Å²) in [6.45, 7) is 1.17. The van der Waals surface area contributed by atoms with Crippen molar-refractivity contribution >= 4 is 28.3 Å². The maximum absolute atomic E-state index is 13.0. The Balaban J connectivity index is 0.00000243. The second-order valence-electron chi connectivity index (χ2n) is 6.39. The molecule has 26 heavy (non-hydrogen) atoms. The molecule has 142 valence electrons. The fraction of sp³-hybridized carbons (Fsp3) is 0.400. The Morgan fingerprint density at radius 1 is 1.12 bits per heavy atom. The van der Waals surface area contributed by atoms with Crippen molar-refractivity contribution in [1.29, 1.82) is 0 Å². The lowest BCUT2D eigenvalue weighted by Gasteiger charge is -2.16. The van der Waals surface area contributed by atoms with Gasteiger partial charge < -0.3 is 14.8 Å². The zero-order valence-corrected chi connectivity index (χ0v) is 17.2. The lowest BCUT2D eigenvalue weighted by Crippen LogP contribution is -2.25. The van der Waals surface area contributed by atoms with Gasteiger partial charge in [0.1, 0.15) is 12.4 Å². The first-order valence-electron chi connectivity index (χ1n) is 8.63. The molecule has 2 aromatic rings. The Kier molecular flexibility index (Phi) is 8.19. The lowest BCUT2D eigenvalue weighted by atomic mass is 10.1. The summed E-state index contributed by atoms with van der Waals surface area (Å²) in [6, 6.07) is 11.0. The van der Waals surface area contributed by atoms with Crippen LogP contribution in [0.2, 0.25) is 0 Å². The van der Waals surface area contributed by atoms with Gasteiger partial charge in [-0.2, -0.15) is 0 Å². The highest BCUT2D eigenvalue weighted by molar-refractivity contribution is 9.10. The molecule has 3 nitrogen and oxygen atoms in total. The monoisotopic (exact) mass is 443 g/mol. The van der Waals surface area contributed by atoms with Crippen LogP contribution in [-0.4, -0.2) is 13.2 Å². The molecular weight excluding hydrogens is 421 g/mol. The van der Waals surface area contributed by atoms with Gasteiger partial charge in [0.25, 0.3) is 0 Å². The summed E-state index contributed by atoms with van der Waals surface area (Å²) in [5.41, 5.74) is 2.06. The molecule has 0 aliphatic heterocycles. The molecule has 0 atom stereocenters. The third-order valence-corrected chi connectivity index (χ3v) is 5.12. The average Bonchev–Trinajstić information content (AvgIpc) is 3.13. The molecule has 3 rings (SSSR count). The van der Waals surface area contributed by atoms with E-state index in [1.165, 1.54) is 37.8 Å². The predicted molar refractivity (Wildman–Crippen MR) is 108 cm³/mol. The Bertz CT molecular complexity index is 706. The van der Waals surface area contributed by atoms with Crippen molar-refractivity contribution < 1.29 is 13.9 Å². The SMILES string of the molecule is COc1cc(CNC2CCCC2)cc(Br)c1OCc1ccc(F)cc1.Cl. The molecule has 1 saturated carbocycles. The molecule has 0 heterocycles. The van der Waals surface area contributed by atoms with Crippen LogP contribution >= 0.6 is 28.3 Å². The molecule has 0 saturated heterocycles. The van der Waals surface area contributed by atoms with Crippen molar-refractivity contribution in [2.75, 3.05) is 7.11 Å². The number of hydrogen-bond acceptors (Lipinski definition) is 3. The van der Waals surface area contributed by atoms with E-state index in [4.69, 9.17) is 9.47 Å². The van der Waals surface area contributed by atoms with E-state index in [0.717, 1.165) is 22.1 Å². The Labute approximate surface area is 168 Å². The highest BCUT2D eigenvalue weighted by atomic mass is 79.9. The number of methoxy groups -OCH3 is 1. The van der Waals surface area contributed by atoms with E-state index >= 15 is 0 Å². The molecule has 1 fully saturated rings. The molecule has 1 aliphatic carbocycles. The normalized spacial score (nSPS) is 14.1. The third-order valence-electron chi connectivity index (χ3n) is 4.54. The van der Waals surface area contributed by atoms with Crippen LogP contribution in [0.1, 0.15) is 36.8 Å². The van der Waals surface area contributed by atoms with Gasteiger partial charge in [0.05, 0.1) is 11.6 Å². The first-order chi connectivity index (χ1) is 12.2. The molecule has 0 amide bonds. The number of nitrogens with one attached hydrogen (secondary N) is 1. The van der Waals surface area contributed by atoms with Crippen LogP contribution in [0.15, 0.2) is 40.9 Å². The molecule has 0 unspecified atom stereocenters. The van der Waals surface area contributed by atoms with Crippen LogP contribution in [0.5, 0.6) is 11.5 Å². The van der Waals surface area contributed by atoms with Crippen LogP contribution < -0.4 is 14.8 Å². The van der Waals surface area contributed by atoms with Crippen LogP contribution in [0.4, 0.5) is 4.39 Å². The summed E-state index contributed by atoms with van der Waals surface area (Å²) >= 11 is 3.58. The zero-order chi connectivity index (χ0) is 17.6. The highest BCUT2D eigenvalue weighted by Gasteiger charge is 2.16. The molecule has 0 bridgehead atoms. The summed E-state index contributed by atoms with van der Waals surface area (Å²) in [5.74, 6) is 1.11. The van der Waals surface area contributed by atoms with E-state index in [0.29, 0.717) is 24.1 Å². The number of ether oxygens (including phenoxy) is 2. The molecule has 0 spiro atoms. The number of benzene rings is 2. The first kappa shape index (κ1) is 21.0. The Hall–Kier alpha value is -1.30. The van der Waals surface area contributed by atoms with Gasteiger partial charge in [-0.1, -0.05) is 25.0 Å². The second kappa shape index (κ2) is 10.1. The largest absolute Gasteiger partial charge is 0.493 e. The minimum atomic E-state index is -0.248. The van der Waals surface area contributed by atoms with E-state index in [9.17, 15) is 4.39 Å². The molecule has 0 aromatic heterocycles. The molecule has 1 N–H and O–H groups in total. The first-order valence-corrected chi connectivity index (χ1v) is 9.42. The number of hydrogen-bond donors (Lipinski definition) is 1. The van der Waals surface area contributed by atoms with Crippen molar-refractivity contribution in [3.8, 4) is 11.5 Å². The van der Waals surface area contributed by atoms with E-state index in [1.54, 1.807) is 19.2 Å². The van der Waals surface area contributed by atoms with Crippen molar-refractivity contribution in [2.45, 2.75) is 44.9 Å².